The van der Waals surface area contributed by atoms with Crippen molar-refractivity contribution in [2.75, 3.05) is 39.6 Å². The first-order valence-corrected chi connectivity index (χ1v) is 39.2. The van der Waals surface area contributed by atoms with E-state index in [1.807, 2.05) is 0 Å². The third-order valence-corrected chi connectivity index (χ3v) is 17.8. The van der Waals surface area contributed by atoms with Crippen molar-refractivity contribution >= 4 is 23.9 Å². The van der Waals surface area contributed by atoms with Gasteiger partial charge in [-0.05, 0) is 136 Å². The highest BCUT2D eigenvalue weighted by molar-refractivity contribution is 5.94. The number of unbranched alkanes of at least 4 members (excludes halogenated alkanes) is 30. The number of aromatic nitrogens is 2. The summed E-state index contributed by atoms with van der Waals surface area (Å²) >= 11 is 0. The van der Waals surface area contributed by atoms with Crippen molar-refractivity contribution in [3.63, 3.8) is 0 Å². The maximum Gasteiger partial charge on any atom is 0.345 e. The lowest BCUT2D eigenvalue weighted by Crippen LogP contribution is -2.12. The molecular weight excluding hydrogens is 1280 g/mol. The first-order chi connectivity index (χ1) is 50.1. The van der Waals surface area contributed by atoms with Crippen LogP contribution < -0.4 is 47.4 Å². The topological polar surface area (TPSA) is 186 Å². The molecule has 4 aromatic carbocycles. The highest BCUT2D eigenvalue weighted by atomic mass is 16.6. The molecule has 2 aromatic heterocycles. The highest BCUT2D eigenvalue weighted by Gasteiger charge is 2.24. The maximum absolute atomic E-state index is 14.0. The number of pyridine rings is 2. The smallest absolute Gasteiger partial charge is 0.345 e. The van der Waals surface area contributed by atoms with Gasteiger partial charge in [0.05, 0.1) is 73.3 Å². The molecule has 16 nitrogen and oxygen atoms in total. The quantitative estimate of drug-likeness (QED) is 0.0199. The van der Waals surface area contributed by atoms with E-state index in [0.29, 0.717) is 85.5 Å². The van der Waals surface area contributed by atoms with E-state index in [1.165, 1.54) is 128 Å². The van der Waals surface area contributed by atoms with Crippen LogP contribution in [0.15, 0.2) is 109 Å². The highest BCUT2D eigenvalue weighted by Crippen LogP contribution is 2.42. The van der Waals surface area contributed by atoms with Crippen LogP contribution in [0.4, 0.5) is 0 Å². The minimum absolute atomic E-state index is 0.187. The molecule has 0 spiro atoms. The van der Waals surface area contributed by atoms with E-state index in [4.69, 9.17) is 47.4 Å². The Labute approximate surface area is 610 Å². The Morgan fingerprint density at radius 3 is 0.667 bits per heavy atom. The summed E-state index contributed by atoms with van der Waals surface area (Å²) in [6.45, 7) is 16.2. The predicted molar refractivity (Wildman–Crippen MR) is 406 cm³/mol. The molecule has 0 aliphatic carbocycles. The molecule has 0 unspecified atom stereocenters. The zero-order chi connectivity index (χ0) is 72.5. The van der Waals surface area contributed by atoms with Crippen LogP contribution in [0.3, 0.4) is 0 Å². The van der Waals surface area contributed by atoms with E-state index in [0.717, 1.165) is 116 Å². The fraction of sp³-hybridized carbons (Fsp3) is 0.558. The molecule has 0 radical (unpaired) electrons. The Morgan fingerprint density at radius 1 is 0.245 bits per heavy atom. The summed E-state index contributed by atoms with van der Waals surface area (Å²) in [5.41, 5.74) is 1.80. The Morgan fingerprint density at radius 2 is 0.451 bits per heavy atom. The minimum Gasteiger partial charge on any atom is -0.490 e. The molecule has 6 aromatic rings. The summed E-state index contributed by atoms with van der Waals surface area (Å²) in [7, 11) is 0. The Kier molecular flexibility index (Phi) is 41.5. The average Bonchev–Trinajstić information content (AvgIpc) is 0.824. The van der Waals surface area contributed by atoms with Crippen molar-refractivity contribution in [2.24, 2.45) is 0 Å². The lowest BCUT2D eigenvalue weighted by atomic mass is 10.1. The van der Waals surface area contributed by atoms with E-state index in [-0.39, 0.29) is 45.3 Å². The molecule has 0 saturated carbocycles. The van der Waals surface area contributed by atoms with Crippen molar-refractivity contribution in [1.29, 1.82) is 0 Å². The van der Waals surface area contributed by atoms with Crippen molar-refractivity contribution in [3.05, 3.63) is 132 Å². The molecule has 0 bridgehead atoms. The van der Waals surface area contributed by atoms with E-state index in [1.54, 1.807) is 97.1 Å². The van der Waals surface area contributed by atoms with Gasteiger partial charge in [0.2, 0.25) is 11.5 Å². The molecule has 0 aliphatic rings. The van der Waals surface area contributed by atoms with Gasteiger partial charge in [-0.3, -0.25) is 9.97 Å². The van der Waals surface area contributed by atoms with Crippen LogP contribution in [0.1, 0.15) is 314 Å². The Balaban J connectivity index is 1.04. The first-order valence-electron chi connectivity index (χ1n) is 39.2. The van der Waals surface area contributed by atoms with Gasteiger partial charge in [-0.2, -0.15) is 0 Å². The van der Waals surface area contributed by atoms with Gasteiger partial charge >= 0.3 is 23.9 Å². The van der Waals surface area contributed by atoms with Crippen LogP contribution in [0, 0.1) is 0 Å². The molecule has 16 heteroatoms. The monoisotopic (exact) mass is 1400 g/mol. The summed E-state index contributed by atoms with van der Waals surface area (Å²) in [6.07, 6.45) is 43.0. The van der Waals surface area contributed by atoms with Gasteiger partial charge in [0, 0.05) is 12.4 Å². The largest absolute Gasteiger partial charge is 0.490 e. The van der Waals surface area contributed by atoms with E-state index in [2.05, 4.69) is 51.5 Å². The van der Waals surface area contributed by atoms with E-state index in [9.17, 15) is 19.2 Å². The normalized spacial score (nSPS) is 11.1. The van der Waals surface area contributed by atoms with Crippen LogP contribution in [0.2, 0.25) is 0 Å². The molecule has 0 saturated heterocycles. The fourth-order valence-corrected chi connectivity index (χ4v) is 11.6. The van der Waals surface area contributed by atoms with Crippen LogP contribution in [0.5, 0.6) is 57.5 Å². The van der Waals surface area contributed by atoms with Crippen LogP contribution in [-0.2, 0) is 0 Å². The molecule has 6 rings (SSSR count). The first kappa shape index (κ1) is 82.8. The maximum atomic E-state index is 14.0. The number of hydrogen-bond acceptors (Lipinski definition) is 16. The number of carbonyl (C=O) groups excluding carboxylic acids is 4. The second-order valence-corrected chi connectivity index (χ2v) is 26.7. The Bertz CT molecular complexity index is 2980. The standard InChI is InChI=1S/C86H120N2O14/c1-7-13-19-25-31-37-55-93-77-61-69(62-78(94-56-38-32-26-20-14-8-2)81(77)97-59-41-35-29-23-17-11-5)85(91)101-73-49-45-71(46-50-73)99-83(89)67-43-53-75(87-65-67)76-54-44-68(66-88-76)84(90)100-72-47-51-74(52-48-72)102-86(92)70-63-79(95-57-39-33-27-21-15-9-3)82(98-60-42-36-30-24-18-12-6)80(64-70)96-58-40-34-28-22-16-10-4/h43-54,61-66H,7-42,55-60H2,1-6H3. The van der Waals surface area contributed by atoms with Gasteiger partial charge in [0.25, 0.3) is 0 Å². The SMILES string of the molecule is CCCCCCCCOc1cc(C(=O)Oc2ccc(OC(=O)c3ccc(-c4ccc(C(=O)Oc5ccc(OC(=O)c6cc(OCCCCCCCC)c(OCCCCCCCC)c(OCCCCCCCC)c6)cc5)cn4)nc3)cc2)cc(OCCCCCCCC)c1OCCCCCCCC. The summed E-state index contributed by atoms with van der Waals surface area (Å²) in [5.74, 6) is 1.33. The number of ether oxygens (including phenoxy) is 10. The molecule has 558 valence electrons. The molecule has 0 aliphatic heterocycles. The van der Waals surface area contributed by atoms with Crippen molar-refractivity contribution in [1.82, 2.24) is 9.97 Å². The zero-order valence-corrected chi connectivity index (χ0v) is 62.7. The number of benzene rings is 4. The van der Waals surface area contributed by atoms with Gasteiger partial charge < -0.3 is 47.4 Å². The predicted octanol–water partition coefficient (Wildman–Crippen LogP) is 23.5. The fourth-order valence-electron chi connectivity index (χ4n) is 11.6. The molecule has 0 N–H and O–H groups in total. The number of hydrogen-bond donors (Lipinski definition) is 0. The summed E-state index contributed by atoms with van der Waals surface area (Å²) < 4.78 is 61.7. The van der Waals surface area contributed by atoms with Gasteiger partial charge in [0.15, 0.2) is 23.0 Å². The molecule has 0 atom stereocenters. The van der Waals surface area contributed by atoms with Crippen LogP contribution >= 0.6 is 0 Å². The summed E-state index contributed by atoms with van der Waals surface area (Å²) in [4.78, 5) is 63.6. The average molecular weight is 1410 g/mol. The minimum atomic E-state index is -0.651. The third kappa shape index (κ3) is 32.0. The van der Waals surface area contributed by atoms with Crippen molar-refractivity contribution in [3.8, 4) is 68.9 Å². The lowest BCUT2D eigenvalue weighted by molar-refractivity contribution is 0.0718. The van der Waals surface area contributed by atoms with E-state index < -0.39 is 23.9 Å². The number of rotatable bonds is 57. The van der Waals surface area contributed by atoms with Crippen LogP contribution in [-0.4, -0.2) is 73.5 Å². The van der Waals surface area contributed by atoms with Gasteiger partial charge in [-0.1, -0.05) is 234 Å². The lowest BCUT2D eigenvalue weighted by Gasteiger charge is -2.19. The van der Waals surface area contributed by atoms with Crippen molar-refractivity contribution in [2.45, 2.75) is 273 Å². The van der Waals surface area contributed by atoms with E-state index >= 15 is 0 Å². The molecule has 2 heterocycles. The zero-order valence-electron chi connectivity index (χ0n) is 62.7. The van der Waals surface area contributed by atoms with Crippen molar-refractivity contribution < 1.29 is 66.5 Å². The molecule has 102 heavy (non-hydrogen) atoms. The summed E-state index contributed by atoms with van der Waals surface area (Å²) in [5, 5.41) is 0. The van der Waals surface area contributed by atoms with Gasteiger partial charge in [-0.25, -0.2) is 19.2 Å². The number of esters is 4. The molecular formula is C86H120N2O14. The Hall–Kier alpha value is -8.14. The number of nitrogens with zero attached hydrogens (tertiary/aromatic N) is 2. The second-order valence-electron chi connectivity index (χ2n) is 26.7. The molecule has 0 fully saturated rings. The molecule has 0 amide bonds. The van der Waals surface area contributed by atoms with Gasteiger partial charge in [-0.15, -0.1) is 0 Å². The third-order valence-electron chi connectivity index (χ3n) is 17.8. The number of carbonyl (C=O) groups is 4. The summed E-state index contributed by atoms with van der Waals surface area (Å²) in [6, 6.07) is 25.6. The van der Waals surface area contributed by atoms with Gasteiger partial charge in [0.1, 0.15) is 23.0 Å². The second kappa shape index (κ2) is 51.1. The van der Waals surface area contributed by atoms with Crippen LogP contribution in [0.25, 0.3) is 11.4 Å².